The lowest BCUT2D eigenvalue weighted by atomic mass is 9.49. The summed E-state index contributed by atoms with van der Waals surface area (Å²) in [6, 6.07) is 2.09. The van der Waals surface area contributed by atoms with E-state index in [1.165, 1.54) is 44.1 Å². The molecule has 108 valence electrons. The summed E-state index contributed by atoms with van der Waals surface area (Å²) in [5.41, 5.74) is 1.60. The van der Waals surface area contributed by atoms with E-state index in [0.29, 0.717) is 12.0 Å². The van der Waals surface area contributed by atoms with Gasteiger partial charge in [0.15, 0.2) is 0 Å². The Balaban J connectivity index is 1.37. The molecule has 1 amide bonds. The zero-order valence-corrected chi connectivity index (χ0v) is 12.8. The monoisotopic (exact) mass is 289 g/mol. The molecule has 0 saturated heterocycles. The van der Waals surface area contributed by atoms with E-state index in [1.807, 2.05) is 0 Å². The predicted molar refractivity (Wildman–Crippen MR) is 81.4 cm³/mol. The van der Waals surface area contributed by atoms with Crippen molar-refractivity contribution in [2.45, 2.75) is 51.5 Å². The normalized spacial score (nSPS) is 38.1. The average Bonchev–Trinajstić information content (AvgIpc) is 2.87. The smallest absolute Gasteiger partial charge is 0.220 e. The molecule has 0 aromatic carbocycles. The summed E-state index contributed by atoms with van der Waals surface area (Å²) in [6.45, 7) is 0.703. The molecule has 2 nitrogen and oxygen atoms in total. The van der Waals surface area contributed by atoms with E-state index in [2.05, 4.69) is 22.1 Å². The van der Waals surface area contributed by atoms with Crippen molar-refractivity contribution in [1.82, 2.24) is 5.32 Å². The minimum atomic E-state index is 0.276. The van der Waals surface area contributed by atoms with Gasteiger partial charge in [-0.1, -0.05) is 0 Å². The van der Waals surface area contributed by atoms with Gasteiger partial charge < -0.3 is 5.32 Å². The highest BCUT2D eigenvalue weighted by Crippen LogP contribution is 2.61. The second-order valence-corrected chi connectivity index (χ2v) is 8.28. The topological polar surface area (TPSA) is 29.1 Å². The third kappa shape index (κ3) is 2.41. The summed E-state index contributed by atoms with van der Waals surface area (Å²) in [5, 5.41) is 7.31. The summed E-state index contributed by atoms with van der Waals surface area (Å²) in [7, 11) is 0. The van der Waals surface area contributed by atoms with Crippen molar-refractivity contribution in [2.75, 3.05) is 0 Å². The Morgan fingerprint density at radius 1 is 1.20 bits per heavy atom. The molecule has 4 saturated carbocycles. The summed E-state index contributed by atoms with van der Waals surface area (Å²) in [6.07, 6.45) is 9.11. The minimum absolute atomic E-state index is 0.276. The Bertz CT molecular complexity index is 458. The Kier molecular flexibility index (Phi) is 3.13. The quantitative estimate of drug-likeness (QED) is 0.892. The van der Waals surface area contributed by atoms with E-state index in [9.17, 15) is 4.79 Å². The Morgan fingerprint density at radius 2 is 1.85 bits per heavy atom. The SMILES string of the molecule is O=C(CC12CC3CC(CC(C3)C1)C2)NCc1ccsc1. The zero-order chi connectivity index (χ0) is 13.6. The summed E-state index contributed by atoms with van der Waals surface area (Å²) >= 11 is 1.69. The molecule has 1 aromatic heterocycles. The van der Waals surface area contributed by atoms with Crippen molar-refractivity contribution < 1.29 is 4.79 Å². The largest absolute Gasteiger partial charge is 0.352 e. The zero-order valence-electron chi connectivity index (χ0n) is 11.9. The molecule has 0 radical (unpaired) electrons. The van der Waals surface area contributed by atoms with Crippen LogP contribution >= 0.6 is 11.3 Å². The van der Waals surface area contributed by atoms with Gasteiger partial charge in [0.25, 0.3) is 0 Å². The maximum atomic E-state index is 12.3. The Hall–Kier alpha value is -0.830. The number of thiophene rings is 1. The summed E-state index contributed by atoms with van der Waals surface area (Å²) < 4.78 is 0. The van der Waals surface area contributed by atoms with Gasteiger partial charge in [0.2, 0.25) is 5.91 Å². The number of carbonyl (C=O) groups is 1. The number of rotatable bonds is 4. The van der Waals surface area contributed by atoms with Gasteiger partial charge in [0, 0.05) is 13.0 Å². The number of hydrogen-bond donors (Lipinski definition) is 1. The second kappa shape index (κ2) is 4.87. The molecule has 0 atom stereocenters. The van der Waals surface area contributed by atoms with Crippen LogP contribution in [0.3, 0.4) is 0 Å². The van der Waals surface area contributed by atoms with Crippen LogP contribution < -0.4 is 5.32 Å². The number of nitrogens with one attached hydrogen (secondary N) is 1. The predicted octanol–water partition coefficient (Wildman–Crippen LogP) is 3.97. The lowest BCUT2D eigenvalue weighted by Gasteiger charge is -2.56. The summed E-state index contributed by atoms with van der Waals surface area (Å²) in [4.78, 5) is 12.3. The molecule has 4 aliphatic rings. The number of hydrogen-bond acceptors (Lipinski definition) is 2. The van der Waals surface area contributed by atoms with Crippen molar-refractivity contribution in [2.24, 2.45) is 23.2 Å². The van der Waals surface area contributed by atoms with Crippen LogP contribution in [-0.4, -0.2) is 5.91 Å². The van der Waals surface area contributed by atoms with Crippen LogP contribution in [0.1, 0.15) is 50.5 Å². The fraction of sp³-hybridized carbons (Fsp3) is 0.706. The maximum absolute atomic E-state index is 12.3. The fourth-order valence-corrected chi connectivity index (χ4v) is 6.17. The first-order chi connectivity index (χ1) is 9.71. The lowest BCUT2D eigenvalue weighted by molar-refractivity contribution is -0.129. The van der Waals surface area contributed by atoms with Crippen LogP contribution in [-0.2, 0) is 11.3 Å². The van der Waals surface area contributed by atoms with Crippen molar-refractivity contribution in [3.05, 3.63) is 22.4 Å². The Labute approximate surface area is 125 Å². The molecule has 0 unspecified atom stereocenters. The van der Waals surface area contributed by atoms with E-state index >= 15 is 0 Å². The molecule has 4 bridgehead atoms. The van der Waals surface area contributed by atoms with E-state index in [1.54, 1.807) is 11.3 Å². The van der Waals surface area contributed by atoms with Crippen molar-refractivity contribution in [1.29, 1.82) is 0 Å². The van der Waals surface area contributed by atoms with Crippen molar-refractivity contribution in [3.63, 3.8) is 0 Å². The van der Waals surface area contributed by atoms with Crippen molar-refractivity contribution in [3.8, 4) is 0 Å². The molecule has 4 fully saturated rings. The van der Waals surface area contributed by atoms with Gasteiger partial charge in [-0.2, -0.15) is 11.3 Å². The van der Waals surface area contributed by atoms with Crippen LogP contribution in [0.4, 0.5) is 0 Å². The summed E-state index contributed by atoms with van der Waals surface area (Å²) in [5.74, 6) is 3.08. The van der Waals surface area contributed by atoms with E-state index in [4.69, 9.17) is 0 Å². The molecule has 1 N–H and O–H groups in total. The van der Waals surface area contributed by atoms with Gasteiger partial charge in [-0.15, -0.1) is 0 Å². The third-order valence-corrected chi connectivity index (χ3v) is 6.50. The van der Waals surface area contributed by atoms with E-state index < -0.39 is 0 Å². The standard InChI is InChI=1S/C17H23NOS/c19-16(18-10-12-1-2-20-11-12)9-17-6-13-3-14(7-17)5-15(4-13)8-17/h1-2,11,13-15H,3-10H2,(H,18,19). The second-order valence-electron chi connectivity index (χ2n) is 7.50. The highest BCUT2D eigenvalue weighted by Gasteiger charge is 2.51. The number of carbonyl (C=O) groups excluding carboxylic acids is 1. The first-order valence-electron chi connectivity index (χ1n) is 7.99. The number of amides is 1. The highest BCUT2D eigenvalue weighted by atomic mass is 32.1. The van der Waals surface area contributed by atoms with Crippen LogP contribution in [0, 0.1) is 23.2 Å². The van der Waals surface area contributed by atoms with Crippen LogP contribution in [0.2, 0.25) is 0 Å². The van der Waals surface area contributed by atoms with Gasteiger partial charge in [-0.3, -0.25) is 4.79 Å². The maximum Gasteiger partial charge on any atom is 0.220 e. The van der Waals surface area contributed by atoms with Crippen LogP contribution in [0.25, 0.3) is 0 Å². The van der Waals surface area contributed by atoms with E-state index in [-0.39, 0.29) is 5.91 Å². The molecule has 20 heavy (non-hydrogen) atoms. The molecule has 0 aliphatic heterocycles. The molecule has 0 spiro atoms. The first-order valence-corrected chi connectivity index (χ1v) is 8.93. The lowest BCUT2D eigenvalue weighted by Crippen LogP contribution is -2.47. The van der Waals surface area contributed by atoms with Gasteiger partial charge in [-0.25, -0.2) is 0 Å². The molecule has 1 aromatic rings. The van der Waals surface area contributed by atoms with Gasteiger partial charge >= 0.3 is 0 Å². The fourth-order valence-electron chi connectivity index (χ4n) is 5.50. The third-order valence-electron chi connectivity index (χ3n) is 5.77. The van der Waals surface area contributed by atoms with Crippen LogP contribution in [0.5, 0.6) is 0 Å². The van der Waals surface area contributed by atoms with Gasteiger partial charge in [-0.05, 0) is 84.1 Å². The molecule has 1 heterocycles. The molecule has 5 rings (SSSR count). The highest BCUT2D eigenvalue weighted by molar-refractivity contribution is 7.07. The van der Waals surface area contributed by atoms with Crippen molar-refractivity contribution >= 4 is 17.2 Å². The van der Waals surface area contributed by atoms with Gasteiger partial charge in [0.1, 0.15) is 0 Å². The van der Waals surface area contributed by atoms with Gasteiger partial charge in [0.05, 0.1) is 0 Å². The molecular weight excluding hydrogens is 266 g/mol. The first kappa shape index (κ1) is 12.9. The van der Waals surface area contributed by atoms with E-state index in [0.717, 1.165) is 24.2 Å². The molecular formula is C17H23NOS. The average molecular weight is 289 g/mol. The molecule has 4 aliphatic carbocycles. The Morgan fingerprint density at radius 3 is 2.40 bits per heavy atom. The molecule has 3 heteroatoms. The van der Waals surface area contributed by atoms with Crippen LogP contribution in [0.15, 0.2) is 16.8 Å². The minimum Gasteiger partial charge on any atom is -0.352 e.